The molecule has 1 amide bonds. The maximum Gasteiger partial charge on any atom is 0.328 e. The molecular formula is C15H19N3O3. The fraction of sp³-hybridized carbons (Fsp3) is 0.400. The highest BCUT2D eigenvalue weighted by atomic mass is 16.2. The normalized spacial score (nSPS) is 11.0. The van der Waals surface area contributed by atoms with Crippen LogP contribution in [0.1, 0.15) is 20.3 Å². The van der Waals surface area contributed by atoms with Gasteiger partial charge < -0.3 is 5.32 Å². The van der Waals surface area contributed by atoms with Crippen LogP contribution in [0.3, 0.4) is 0 Å². The molecule has 0 saturated heterocycles. The van der Waals surface area contributed by atoms with Crippen LogP contribution in [0, 0.1) is 5.92 Å². The Morgan fingerprint density at radius 2 is 2.00 bits per heavy atom. The maximum absolute atomic E-state index is 11.9. The van der Waals surface area contributed by atoms with E-state index in [2.05, 4.69) is 10.3 Å². The van der Waals surface area contributed by atoms with Gasteiger partial charge in [0.15, 0.2) is 0 Å². The first kappa shape index (κ1) is 15.0. The van der Waals surface area contributed by atoms with E-state index in [4.69, 9.17) is 0 Å². The summed E-state index contributed by atoms with van der Waals surface area (Å²) in [4.78, 5) is 37.6. The highest BCUT2D eigenvalue weighted by molar-refractivity contribution is 5.78. The quantitative estimate of drug-likeness (QED) is 0.856. The molecule has 0 fully saturated rings. The molecule has 0 unspecified atom stereocenters. The zero-order chi connectivity index (χ0) is 15.4. The molecule has 0 aliphatic carbocycles. The number of aryl methyl sites for hydroxylation is 1. The van der Waals surface area contributed by atoms with E-state index >= 15 is 0 Å². The van der Waals surface area contributed by atoms with Crippen LogP contribution >= 0.6 is 0 Å². The second kappa shape index (κ2) is 6.39. The van der Waals surface area contributed by atoms with E-state index in [9.17, 15) is 14.4 Å². The monoisotopic (exact) mass is 289 g/mol. The number of amides is 1. The summed E-state index contributed by atoms with van der Waals surface area (Å²) in [5, 5.41) is 3.25. The number of hydrogen-bond acceptors (Lipinski definition) is 3. The second-order valence-corrected chi connectivity index (χ2v) is 5.38. The van der Waals surface area contributed by atoms with Gasteiger partial charge in [-0.25, -0.2) is 4.79 Å². The van der Waals surface area contributed by atoms with Gasteiger partial charge in [0.2, 0.25) is 5.91 Å². The van der Waals surface area contributed by atoms with Gasteiger partial charge >= 0.3 is 5.69 Å². The summed E-state index contributed by atoms with van der Waals surface area (Å²) >= 11 is 0. The summed E-state index contributed by atoms with van der Waals surface area (Å²) in [5.74, 6) is 0.275. The largest absolute Gasteiger partial charge is 0.356 e. The minimum atomic E-state index is -0.490. The Labute approximate surface area is 121 Å². The van der Waals surface area contributed by atoms with Crippen molar-refractivity contribution in [3.05, 3.63) is 45.1 Å². The number of nitrogens with zero attached hydrogens (tertiary/aromatic N) is 1. The molecule has 0 aliphatic rings. The number of H-pyrrole nitrogens is 1. The lowest BCUT2D eigenvalue weighted by atomic mass is 10.2. The van der Waals surface area contributed by atoms with Crippen LogP contribution in [-0.2, 0) is 11.3 Å². The first-order valence-corrected chi connectivity index (χ1v) is 6.97. The van der Waals surface area contributed by atoms with Gasteiger partial charge in [-0.15, -0.1) is 0 Å². The fourth-order valence-corrected chi connectivity index (χ4v) is 2.08. The third-order valence-electron chi connectivity index (χ3n) is 3.18. The van der Waals surface area contributed by atoms with Crippen molar-refractivity contribution < 1.29 is 4.79 Å². The van der Waals surface area contributed by atoms with E-state index in [0.29, 0.717) is 23.4 Å². The minimum absolute atomic E-state index is 0.106. The molecular weight excluding hydrogens is 270 g/mol. The number of nitrogens with one attached hydrogen (secondary N) is 2. The number of rotatable bonds is 5. The van der Waals surface area contributed by atoms with E-state index in [1.165, 1.54) is 4.57 Å². The second-order valence-electron chi connectivity index (χ2n) is 5.38. The number of carbonyl (C=O) groups is 1. The number of para-hydroxylation sites is 1. The highest BCUT2D eigenvalue weighted by Crippen LogP contribution is 2.07. The average molecular weight is 289 g/mol. The molecule has 0 atom stereocenters. The van der Waals surface area contributed by atoms with Gasteiger partial charge in [-0.1, -0.05) is 26.0 Å². The van der Waals surface area contributed by atoms with E-state index in [1.54, 1.807) is 24.3 Å². The first-order valence-electron chi connectivity index (χ1n) is 6.97. The van der Waals surface area contributed by atoms with Crippen LogP contribution in [0.2, 0.25) is 0 Å². The standard InChI is InChI=1S/C15H19N3O3/c1-10(2)9-16-13(19)7-8-18-12-6-4-3-5-11(12)14(20)17-15(18)21/h3-6,10H,7-9H2,1-2H3,(H,16,19)(H,17,20,21). The third kappa shape index (κ3) is 3.59. The summed E-state index contributed by atoms with van der Waals surface area (Å²) in [7, 11) is 0. The maximum atomic E-state index is 11.9. The molecule has 0 radical (unpaired) electrons. The topological polar surface area (TPSA) is 84.0 Å². The van der Waals surface area contributed by atoms with Crippen LogP contribution in [0.15, 0.2) is 33.9 Å². The molecule has 1 aromatic heterocycles. The molecule has 6 nitrogen and oxygen atoms in total. The van der Waals surface area contributed by atoms with Crippen LogP contribution < -0.4 is 16.6 Å². The molecule has 0 bridgehead atoms. The van der Waals surface area contributed by atoms with Crippen molar-refractivity contribution in [1.82, 2.24) is 14.9 Å². The zero-order valence-electron chi connectivity index (χ0n) is 12.2. The Bertz CT molecular complexity index is 759. The molecule has 0 aliphatic heterocycles. The number of aromatic nitrogens is 2. The summed E-state index contributed by atoms with van der Waals surface area (Å²) in [6.07, 6.45) is 0.197. The van der Waals surface area contributed by atoms with Crippen molar-refractivity contribution in [3.63, 3.8) is 0 Å². The highest BCUT2D eigenvalue weighted by Gasteiger charge is 2.09. The van der Waals surface area contributed by atoms with Crippen molar-refractivity contribution in [2.45, 2.75) is 26.8 Å². The number of carbonyl (C=O) groups excluding carboxylic acids is 1. The predicted octanol–water partition coefficient (Wildman–Crippen LogP) is 0.852. The Balaban J connectivity index is 2.21. The predicted molar refractivity (Wildman–Crippen MR) is 81.3 cm³/mol. The number of benzene rings is 1. The lowest BCUT2D eigenvalue weighted by molar-refractivity contribution is -0.121. The van der Waals surface area contributed by atoms with Crippen molar-refractivity contribution >= 4 is 16.8 Å². The molecule has 1 aromatic carbocycles. The Morgan fingerprint density at radius 1 is 1.29 bits per heavy atom. The van der Waals surface area contributed by atoms with Gasteiger partial charge in [0.1, 0.15) is 0 Å². The van der Waals surface area contributed by atoms with Gasteiger partial charge in [-0.2, -0.15) is 0 Å². The minimum Gasteiger partial charge on any atom is -0.356 e. The smallest absolute Gasteiger partial charge is 0.328 e. The number of fused-ring (bicyclic) bond motifs is 1. The van der Waals surface area contributed by atoms with Crippen molar-refractivity contribution in [2.75, 3.05) is 6.54 Å². The van der Waals surface area contributed by atoms with Crippen LogP contribution in [0.25, 0.3) is 10.9 Å². The fourth-order valence-electron chi connectivity index (χ4n) is 2.08. The molecule has 112 valence electrons. The summed E-state index contributed by atoms with van der Waals surface area (Å²) in [6.45, 7) is 4.88. The first-order chi connectivity index (χ1) is 9.99. The van der Waals surface area contributed by atoms with Gasteiger partial charge in [-0.05, 0) is 18.1 Å². The van der Waals surface area contributed by atoms with Gasteiger partial charge in [0, 0.05) is 19.5 Å². The third-order valence-corrected chi connectivity index (χ3v) is 3.18. The van der Waals surface area contributed by atoms with Gasteiger partial charge in [0.05, 0.1) is 10.9 Å². The van der Waals surface area contributed by atoms with Crippen LogP contribution in [0.5, 0.6) is 0 Å². The molecule has 2 aromatic rings. The van der Waals surface area contributed by atoms with Gasteiger partial charge in [0.25, 0.3) is 5.56 Å². The van der Waals surface area contributed by atoms with Gasteiger partial charge in [-0.3, -0.25) is 19.1 Å². The van der Waals surface area contributed by atoms with E-state index in [1.807, 2.05) is 13.8 Å². The van der Waals surface area contributed by atoms with Crippen molar-refractivity contribution in [3.8, 4) is 0 Å². The molecule has 0 saturated carbocycles. The number of aromatic amines is 1. The summed E-state index contributed by atoms with van der Waals surface area (Å²) < 4.78 is 1.42. The van der Waals surface area contributed by atoms with Crippen LogP contribution in [-0.4, -0.2) is 22.0 Å². The molecule has 2 rings (SSSR count). The van der Waals surface area contributed by atoms with E-state index in [-0.39, 0.29) is 18.9 Å². The zero-order valence-corrected chi connectivity index (χ0v) is 12.2. The lowest BCUT2D eigenvalue weighted by Crippen LogP contribution is -2.33. The molecule has 6 heteroatoms. The molecule has 0 spiro atoms. The van der Waals surface area contributed by atoms with Crippen LogP contribution in [0.4, 0.5) is 0 Å². The Hall–Kier alpha value is -2.37. The van der Waals surface area contributed by atoms with Crippen molar-refractivity contribution in [2.24, 2.45) is 5.92 Å². The Morgan fingerprint density at radius 3 is 2.71 bits per heavy atom. The summed E-state index contributed by atoms with van der Waals surface area (Å²) in [6, 6.07) is 6.86. The average Bonchev–Trinajstić information content (AvgIpc) is 2.45. The van der Waals surface area contributed by atoms with E-state index in [0.717, 1.165) is 0 Å². The lowest BCUT2D eigenvalue weighted by Gasteiger charge is -2.10. The number of hydrogen-bond donors (Lipinski definition) is 2. The molecule has 1 heterocycles. The molecule has 2 N–H and O–H groups in total. The molecule has 21 heavy (non-hydrogen) atoms. The van der Waals surface area contributed by atoms with E-state index < -0.39 is 11.2 Å². The van der Waals surface area contributed by atoms with Crippen molar-refractivity contribution in [1.29, 1.82) is 0 Å². The Kier molecular flexibility index (Phi) is 4.57. The SMILES string of the molecule is CC(C)CNC(=O)CCn1c(=O)[nH]c(=O)c2ccccc21. The summed E-state index contributed by atoms with van der Waals surface area (Å²) in [5.41, 5.74) is -0.352.